The predicted octanol–water partition coefficient (Wildman–Crippen LogP) is 4.97. The number of para-hydroxylation sites is 1. The number of rotatable bonds is 10. The Labute approximate surface area is 201 Å². The van der Waals surface area contributed by atoms with Crippen molar-refractivity contribution < 1.29 is 19.1 Å². The summed E-state index contributed by atoms with van der Waals surface area (Å²) in [5.74, 6) is 0.713. The molecule has 2 aromatic rings. The number of amides is 3. The van der Waals surface area contributed by atoms with E-state index < -0.39 is 0 Å². The Morgan fingerprint density at radius 3 is 2.18 bits per heavy atom. The van der Waals surface area contributed by atoms with Gasteiger partial charge in [0.15, 0.2) is 0 Å². The Bertz CT molecular complexity index is 998. The van der Waals surface area contributed by atoms with E-state index in [1.54, 1.807) is 11.1 Å². The average Bonchev–Trinajstić information content (AvgIpc) is 3.43. The maximum Gasteiger partial charge on any atom is 0.253 e. The largest absolute Gasteiger partial charge is 0.493 e. The van der Waals surface area contributed by atoms with Crippen molar-refractivity contribution in [2.75, 3.05) is 19.7 Å². The number of benzene rings is 2. The highest BCUT2D eigenvalue weighted by Crippen LogP contribution is 2.29. The van der Waals surface area contributed by atoms with E-state index in [0.29, 0.717) is 19.6 Å². The van der Waals surface area contributed by atoms with Gasteiger partial charge in [-0.25, -0.2) is 0 Å². The maximum absolute atomic E-state index is 11.5. The molecule has 0 aromatic heterocycles. The molecule has 0 spiro atoms. The van der Waals surface area contributed by atoms with Crippen molar-refractivity contribution in [2.24, 2.45) is 0 Å². The van der Waals surface area contributed by atoms with Gasteiger partial charge in [-0.3, -0.25) is 19.3 Å². The molecule has 0 bridgehead atoms. The highest BCUT2D eigenvalue weighted by molar-refractivity contribution is 6.12. The predicted molar refractivity (Wildman–Crippen MR) is 133 cm³/mol. The summed E-state index contributed by atoms with van der Waals surface area (Å²) >= 11 is 0. The smallest absolute Gasteiger partial charge is 0.253 e. The van der Waals surface area contributed by atoms with Crippen LogP contribution in [0.4, 0.5) is 0 Å². The number of likely N-dealkylation sites (tertiary alicyclic amines) is 1. The fraction of sp³-hybridized carbons (Fsp3) is 0.321. The molecular formula is C28H32N2O4. The molecule has 34 heavy (non-hydrogen) atoms. The maximum atomic E-state index is 11.5. The zero-order valence-corrected chi connectivity index (χ0v) is 19.5. The normalized spacial score (nSPS) is 14.9. The third-order valence-electron chi connectivity index (χ3n) is 5.74. The first-order valence-corrected chi connectivity index (χ1v) is 11.8. The van der Waals surface area contributed by atoms with Gasteiger partial charge in [-0.15, -0.1) is 0 Å². The van der Waals surface area contributed by atoms with Gasteiger partial charge in [0.2, 0.25) is 5.91 Å². The van der Waals surface area contributed by atoms with Gasteiger partial charge in [-0.1, -0.05) is 68.0 Å². The Hall–Kier alpha value is -3.67. The molecule has 2 aliphatic heterocycles. The molecule has 0 N–H and O–H groups in total. The Morgan fingerprint density at radius 1 is 0.853 bits per heavy atom. The van der Waals surface area contributed by atoms with Crippen molar-refractivity contribution in [1.82, 2.24) is 9.80 Å². The highest BCUT2D eigenvalue weighted by atomic mass is 16.5. The summed E-state index contributed by atoms with van der Waals surface area (Å²) in [6, 6.07) is 18.3. The summed E-state index contributed by atoms with van der Waals surface area (Å²) in [7, 11) is 0. The topological polar surface area (TPSA) is 66.9 Å². The van der Waals surface area contributed by atoms with Gasteiger partial charge in [-0.05, 0) is 37.1 Å². The fourth-order valence-electron chi connectivity index (χ4n) is 3.87. The molecular weight excluding hydrogens is 428 g/mol. The number of hydrogen-bond acceptors (Lipinski definition) is 4. The van der Waals surface area contributed by atoms with E-state index in [4.69, 9.17) is 4.74 Å². The molecule has 0 aliphatic carbocycles. The van der Waals surface area contributed by atoms with Crippen molar-refractivity contribution >= 4 is 17.7 Å². The number of unbranched alkanes of at least 4 members (excludes halogenated alkanes) is 3. The minimum atomic E-state index is -0.198. The molecule has 0 radical (unpaired) electrons. The van der Waals surface area contributed by atoms with E-state index in [1.807, 2.05) is 36.4 Å². The summed E-state index contributed by atoms with van der Waals surface area (Å²) in [5, 5.41) is 0. The molecule has 3 amide bonds. The standard InChI is InChI=1S/C22H23NO3.C6H9NO/c24-21-14-15-22(25)23(21)16-8-1-2-9-17-26-20-13-7-6-12-19(20)18-10-4-3-5-11-18;1-2-7-5-3-4-6(7)8/h3-7,10-15H,1-2,8-9,16-17H2;2H,1,3-5H2. The molecule has 6 heteroatoms. The van der Waals surface area contributed by atoms with Crippen molar-refractivity contribution in [1.29, 1.82) is 0 Å². The molecule has 0 unspecified atom stereocenters. The lowest BCUT2D eigenvalue weighted by Crippen LogP contribution is -2.30. The first-order chi connectivity index (χ1) is 16.6. The fourth-order valence-corrected chi connectivity index (χ4v) is 3.87. The lowest BCUT2D eigenvalue weighted by atomic mass is 10.1. The quantitative estimate of drug-likeness (QED) is 0.371. The van der Waals surface area contributed by atoms with E-state index in [9.17, 15) is 14.4 Å². The number of imide groups is 1. The number of carbonyl (C=O) groups is 3. The number of ether oxygens (including phenoxy) is 1. The summed E-state index contributed by atoms with van der Waals surface area (Å²) in [6.45, 7) is 5.52. The molecule has 2 aromatic carbocycles. The van der Waals surface area contributed by atoms with Gasteiger partial charge in [-0.2, -0.15) is 0 Å². The second-order valence-electron chi connectivity index (χ2n) is 8.16. The average molecular weight is 461 g/mol. The lowest BCUT2D eigenvalue weighted by Gasteiger charge is -2.13. The van der Waals surface area contributed by atoms with Gasteiger partial charge in [0, 0.05) is 37.2 Å². The highest BCUT2D eigenvalue weighted by Gasteiger charge is 2.22. The van der Waals surface area contributed by atoms with Gasteiger partial charge >= 0.3 is 0 Å². The molecule has 1 fully saturated rings. The monoisotopic (exact) mass is 460 g/mol. The molecule has 2 heterocycles. The van der Waals surface area contributed by atoms with Crippen LogP contribution in [0.25, 0.3) is 11.1 Å². The molecule has 2 aliphatic rings. The summed E-state index contributed by atoms with van der Waals surface area (Å²) in [6.07, 6.45) is 9.72. The second kappa shape index (κ2) is 13.1. The van der Waals surface area contributed by atoms with Gasteiger partial charge in [0.1, 0.15) is 5.75 Å². The summed E-state index contributed by atoms with van der Waals surface area (Å²) in [5.41, 5.74) is 2.25. The molecule has 0 atom stereocenters. The van der Waals surface area contributed by atoms with Crippen molar-refractivity contribution in [3.8, 4) is 16.9 Å². The van der Waals surface area contributed by atoms with Crippen molar-refractivity contribution in [3.05, 3.63) is 79.5 Å². The zero-order chi connectivity index (χ0) is 24.2. The van der Waals surface area contributed by atoms with Crippen LogP contribution in [0.2, 0.25) is 0 Å². The molecule has 178 valence electrons. The van der Waals surface area contributed by atoms with E-state index in [0.717, 1.165) is 55.5 Å². The summed E-state index contributed by atoms with van der Waals surface area (Å²) in [4.78, 5) is 36.5. The van der Waals surface area contributed by atoms with Gasteiger partial charge < -0.3 is 9.64 Å². The molecule has 0 saturated carbocycles. The molecule has 4 rings (SSSR count). The minimum absolute atomic E-state index is 0.198. The second-order valence-corrected chi connectivity index (χ2v) is 8.16. The zero-order valence-electron chi connectivity index (χ0n) is 19.5. The Morgan fingerprint density at radius 2 is 1.53 bits per heavy atom. The first-order valence-electron chi connectivity index (χ1n) is 11.8. The van der Waals surface area contributed by atoms with Crippen LogP contribution in [-0.2, 0) is 14.4 Å². The molecule has 6 nitrogen and oxygen atoms in total. The van der Waals surface area contributed by atoms with Crippen LogP contribution in [0.1, 0.15) is 38.5 Å². The van der Waals surface area contributed by atoms with E-state index in [-0.39, 0.29) is 17.7 Å². The SMILES string of the molecule is C=CN1CCCC1=O.O=C1C=CC(=O)N1CCCCCCOc1ccccc1-c1ccccc1. The van der Waals surface area contributed by atoms with Crippen LogP contribution in [0.15, 0.2) is 79.5 Å². The van der Waals surface area contributed by atoms with E-state index in [2.05, 4.69) is 24.8 Å². The minimum Gasteiger partial charge on any atom is -0.493 e. The number of nitrogens with zero attached hydrogens (tertiary/aromatic N) is 2. The third kappa shape index (κ3) is 7.17. The van der Waals surface area contributed by atoms with Crippen LogP contribution >= 0.6 is 0 Å². The lowest BCUT2D eigenvalue weighted by molar-refractivity contribution is -0.136. The van der Waals surface area contributed by atoms with Crippen LogP contribution in [-0.4, -0.2) is 47.2 Å². The van der Waals surface area contributed by atoms with Gasteiger partial charge in [0.05, 0.1) is 6.61 Å². The van der Waals surface area contributed by atoms with Crippen LogP contribution in [0.5, 0.6) is 5.75 Å². The van der Waals surface area contributed by atoms with Crippen LogP contribution in [0.3, 0.4) is 0 Å². The van der Waals surface area contributed by atoms with Crippen molar-refractivity contribution in [2.45, 2.75) is 38.5 Å². The Balaban J connectivity index is 0.000000343. The summed E-state index contributed by atoms with van der Waals surface area (Å²) < 4.78 is 5.98. The van der Waals surface area contributed by atoms with Crippen molar-refractivity contribution in [3.63, 3.8) is 0 Å². The molecule has 1 saturated heterocycles. The van der Waals surface area contributed by atoms with E-state index >= 15 is 0 Å². The first kappa shape index (κ1) is 25.0. The van der Waals surface area contributed by atoms with Gasteiger partial charge in [0.25, 0.3) is 11.8 Å². The third-order valence-corrected chi connectivity index (χ3v) is 5.74. The number of hydrogen-bond donors (Lipinski definition) is 0. The van der Waals surface area contributed by atoms with Crippen LogP contribution < -0.4 is 4.74 Å². The number of carbonyl (C=O) groups excluding carboxylic acids is 3. The van der Waals surface area contributed by atoms with Crippen LogP contribution in [0, 0.1) is 0 Å². The van der Waals surface area contributed by atoms with E-state index in [1.165, 1.54) is 17.1 Å². The Kier molecular flexibility index (Phi) is 9.65.